The molecule has 1 heterocycles. The van der Waals surface area contributed by atoms with Crippen molar-refractivity contribution < 1.29 is 0 Å². The zero-order valence-electron chi connectivity index (χ0n) is 25.7. The number of rotatable bonds is 4. The van der Waals surface area contributed by atoms with Crippen molar-refractivity contribution in [1.29, 1.82) is 0 Å². The molecule has 0 amide bonds. The molecule has 40 heavy (non-hydrogen) atoms. The lowest BCUT2D eigenvalue weighted by Crippen LogP contribution is -2.30. The third kappa shape index (κ3) is 5.77. The van der Waals surface area contributed by atoms with E-state index in [4.69, 9.17) is 0 Å². The highest BCUT2D eigenvalue weighted by molar-refractivity contribution is 8.56. The maximum absolute atomic E-state index is 2.56. The first-order chi connectivity index (χ1) is 18.8. The molecule has 2 unspecified atom stereocenters. The van der Waals surface area contributed by atoms with Gasteiger partial charge in [0.25, 0.3) is 0 Å². The molecular weight excluding hydrogens is 518 g/mol. The normalized spacial score (nSPS) is 17.6. The fourth-order valence-corrected chi connectivity index (χ4v) is 14.5. The van der Waals surface area contributed by atoms with Crippen molar-refractivity contribution in [2.75, 3.05) is 0 Å². The summed E-state index contributed by atoms with van der Waals surface area (Å²) < 4.78 is 0. The standard InChI is InChI=1S/C38H44P2/c1-36(2,3)29-25-31(37(4,5)6)34(32(26-29)38(7,8)9)40-35(39(40)30-23-17-12-18-24-30)33(27-19-13-10-14-20-27)28-21-15-11-16-22-28/h10-26H,1-9H3. The van der Waals surface area contributed by atoms with Crippen molar-refractivity contribution in [1.82, 2.24) is 0 Å². The van der Waals surface area contributed by atoms with Crippen LogP contribution in [-0.2, 0) is 16.2 Å². The van der Waals surface area contributed by atoms with Crippen LogP contribution in [0.25, 0.3) is 5.57 Å². The lowest BCUT2D eigenvalue weighted by Gasteiger charge is -2.33. The van der Waals surface area contributed by atoms with Crippen LogP contribution in [0.4, 0.5) is 0 Å². The van der Waals surface area contributed by atoms with E-state index in [9.17, 15) is 0 Å². The van der Waals surface area contributed by atoms with Gasteiger partial charge in [0, 0.05) is 5.06 Å². The monoisotopic (exact) mass is 562 g/mol. The zero-order valence-corrected chi connectivity index (χ0v) is 27.5. The van der Waals surface area contributed by atoms with Crippen LogP contribution in [0.1, 0.15) is 90.1 Å². The molecule has 0 aromatic heterocycles. The Kier molecular flexibility index (Phi) is 7.76. The molecule has 1 fully saturated rings. The molecule has 0 nitrogen and oxygen atoms in total. The van der Waals surface area contributed by atoms with Gasteiger partial charge in [-0.25, -0.2) is 0 Å². The minimum absolute atomic E-state index is 0.0456. The highest BCUT2D eigenvalue weighted by atomic mass is 32.1. The first-order valence-corrected chi connectivity index (χ1v) is 17.9. The Morgan fingerprint density at radius 1 is 0.475 bits per heavy atom. The van der Waals surface area contributed by atoms with E-state index >= 15 is 0 Å². The average molecular weight is 563 g/mol. The van der Waals surface area contributed by atoms with E-state index in [0.29, 0.717) is 0 Å². The average Bonchev–Trinajstić information content (AvgIpc) is 3.63. The van der Waals surface area contributed by atoms with Gasteiger partial charge in [0.05, 0.1) is 0 Å². The Bertz CT molecular complexity index is 1430. The minimum atomic E-state index is -0.509. The van der Waals surface area contributed by atoms with Crippen molar-refractivity contribution in [2.24, 2.45) is 0 Å². The predicted molar refractivity (Wildman–Crippen MR) is 181 cm³/mol. The molecule has 0 aliphatic carbocycles. The molecule has 0 saturated carbocycles. The summed E-state index contributed by atoms with van der Waals surface area (Å²) >= 11 is 0. The highest BCUT2D eigenvalue weighted by Gasteiger charge is 2.51. The fraction of sp³-hybridized carbons (Fsp3) is 0.316. The minimum Gasteiger partial charge on any atom is -0.0622 e. The summed E-state index contributed by atoms with van der Waals surface area (Å²) in [6.07, 6.45) is 0. The second-order valence-electron chi connectivity index (χ2n) is 14.1. The van der Waals surface area contributed by atoms with Gasteiger partial charge >= 0.3 is 0 Å². The molecule has 0 radical (unpaired) electrons. The van der Waals surface area contributed by atoms with Crippen molar-refractivity contribution in [3.8, 4) is 0 Å². The smallest absolute Gasteiger partial charge is 0.00480 e. The summed E-state index contributed by atoms with van der Waals surface area (Å²) in [5.41, 5.74) is 8.82. The maximum Gasteiger partial charge on any atom is 0.00480 e. The molecule has 4 aromatic carbocycles. The van der Waals surface area contributed by atoms with Crippen LogP contribution in [0.3, 0.4) is 0 Å². The Balaban J connectivity index is 1.89. The van der Waals surface area contributed by atoms with E-state index < -0.39 is 15.2 Å². The lowest BCUT2D eigenvalue weighted by molar-refractivity contribution is 0.554. The summed E-state index contributed by atoms with van der Waals surface area (Å²) in [6, 6.07) is 38.7. The molecule has 0 bridgehead atoms. The highest BCUT2D eigenvalue weighted by Crippen LogP contribution is 2.99. The van der Waals surface area contributed by atoms with E-state index in [-0.39, 0.29) is 16.2 Å². The Hall–Kier alpha value is -2.52. The van der Waals surface area contributed by atoms with Crippen molar-refractivity contribution in [3.63, 3.8) is 0 Å². The zero-order chi connectivity index (χ0) is 28.9. The number of benzene rings is 4. The predicted octanol–water partition coefficient (Wildman–Crippen LogP) is 10.8. The summed E-state index contributed by atoms with van der Waals surface area (Å²) in [6.45, 7) is 21.5. The molecular formula is C38H44P2. The van der Waals surface area contributed by atoms with Gasteiger partial charge < -0.3 is 0 Å². The third-order valence-corrected chi connectivity index (χ3v) is 15.0. The second kappa shape index (κ2) is 10.7. The molecule has 5 rings (SSSR count). The van der Waals surface area contributed by atoms with Crippen LogP contribution in [0, 0.1) is 0 Å². The third-order valence-electron chi connectivity index (χ3n) is 7.71. The quantitative estimate of drug-likeness (QED) is 0.217. The molecule has 0 spiro atoms. The van der Waals surface area contributed by atoms with E-state index in [1.807, 2.05) is 0 Å². The van der Waals surface area contributed by atoms with Crippen LogP contribution in [0.2, 0.25) is 0 Å². The van der Waals surface area contributed by atoms with Crippen LogP contribution in [0.15, 0.2) is 108 Å². The van der Waals surface area contributed by atoms with Gasteiger partial charge in [0.15, 0.2) is 0 Å². The van der Waals surface area contributed by atoms with Crippen LogP contribution >= 0.6 is 15.2 Å². The van der Waals surface area contributed by atoms with Crippen molar-refractivity contribution in [2.45, 2.75) is 78.6 Å². The van der Waals surface area contributed by atoms with Gasteiger partial charge in [-0.1, -0.05) is 165 Å². The van der Waals surface area contributed by atoms with Crippen LogP contribution in [-0.4, -0.2) is 0 Å². The Labute approximate surface area is 245 Å². The van der Waals surface area contributed by atoms with Gasteiger partial charge in [0.1, 0.15) is 0 Å². The second-order valence-corrected chi connectivity index (χ2v) is 19.9. The molecule has 4 aromatic rings. The van der Waals surface area contributed by atoms with Crippen molar-refractivity contribution >= 4 is 31.4 Å². The first-order valence-electron chi connectivity index (χ1n) is 14.5. The van der Waals surface area contributed by atoms with E-state index in [0.717, 1.165) is 0 Å². The summed E-state index contributed by atoms with van der Waals surface area (Å²) in [5, 5.41) is 4.81. The topological polar surface area (TPSA) is 0 Å². The first kappa shape index (κ1) is 29.0. The summed E-state index contributed by atoms with van der Waals surface area (Å²) in [7, 11) is -0.965. The fourth-order valence-electron chi connectivity index (χ4n) is 5.44. The Morgan fingerprint density at radius 3 is 1.25 bits per heavy atom. The molecule has 2 heteroatoms. The number of hydrogen-bond donors (Lipinski definition) is 0. The Morgan fingerprint density at radius 2 is 0.875 bits per heavy atom. The molecule has 206 valence electrons. The SMILES string of the molecule is CC(C)(C)c1cc(C(C)(C)C)c(P2C(=C(c3ccccc3)c3ccccc3)P2c2ccccc2)c(C(C)(C)C)c1. The molecule has 1 aliphatic rings. The van der Waals surface area contributed by atoms with Crippen LogP contribution < -0.4 is 10.6 Å². The molecule has 2 atom stereocenters. The summed E-state index contributed by atoms with van der Waals surface area (Å²) in [5.74, 6) is 0. The molecule has 0 N–H and O–H groups in total. The largest absolute Gasteiger partial charge is 0.0622 e. The van der Waals surface area contributed by atoms with Crippen LogP contribution in [0.5, 0.6) is 0 Å². The van der Waals surface area contributed by atoms with E-state index in [1.54, 1.807) is 10.4 Å². The van der Waals surface area contributed by atoms with E-state index in [1.165, 1.54) is 38.7 Å². The van der Waals surface area contributed by atoms with Gasteiger partial charge in [-0.05, 0) is 75.5 Å². The van der Waals surface area contributed by atoms with Gasteiger partial charge in [-0.15, -0.1) is 0 Å². The molecule has 1 aliphatic heterocycles. The number of hydrogen-bond acceptors (Lipinski definition) is 0. The molecule has 1 saturated heterocycles. The van der Waals surface area contributed by atoms with E-state index in [2.05, 4.69) is 165 Å². The maximum atomic E-state index is 2.56. The lowest BCUT2D eigenvalue weighted by atomic mass is 9.75. The van der Waals surface area contributed by atoms with Gasteiger partial charge in [-0.2, -0.15) is 0 Å². The summed E-state index contributed by atoms with van der Waals surface area (Å²) in [4.78, 5) is 0. The van der Waals surface area contributed by atoms with Gasteiger partial charge in [-0.3, -0.25) is 0 Å². The van der Waals surface area contributed by atoms with Gasteiger partial charge in [0.2, 0.25) is 0 Å². The van der Waals surface area contributed by atoms with Crippen molar-refractivity contribution in [3.05, 3.63) is 136 Å².